The summed E-state index contributed by atoms with van der Waals surface area (Å²) in [6, 6.07) is 13.1. The molecule has 3 N–H and O–H groups in total. The van der Waals surface area contributed by atoms with Gasteiger partial charge < -0.3 is 10.4 Å². The molecule has 0 aromatic heterocycles. The lowest BCUT2D eigenvalue weighted by Gasteiger charge is -2.05. The molecule has 0 spiro atoms. The van der Waals surface area contributed by atoms with Gasteiger partial charge in [0.15, 0.2) is 0 Å². The van der Waals surface area contributed by atoms with Gasteiger partial charge in [-0.2, -0.15) is 5.10 Å². The summed E-state index contributed by atoms with van der Waals surface area (Å²) in [5.74, 6) is -0.209. The van der Waals surface area contributed by atoms with Gasteiger partial charge in [0.05, 0.1) is 6.21 Å². The van der Waals surface area contributed by atoms with Crippen LogP contribution in [-0.2, 0) is 4.79 Å². The SMILES string of the molecule is CCCCC(=O)Nc1ccc(C(=O)NN=Cc2ccc(O)cc2)cc1. The molecule has 0 aliphatic heterocycles. The van der Waals surface area contributed by atoms with Gasteiger partial charge in [-0.05, 0) is 60.5 Å². The second-order valence-corrected chi connectivity index (χ2v) is 5.52. The van der Waals surface area contributed by atoms with E-state index in [9.17, 15) is 14.7 Å². The molecule has 2 aromatic rings. The molecule has 0 heterocycles. The van der Waals surface area contributed by atoms with E-state index < -0.39 is 0 Å². The van der Waals surface area contributed by atoms with Crippen molar-refractivity contribution in [3.63, 3.8) is 0 Å². The van der Waals surface area contributed by atoms with E-state index in [1.165, 1.54) is 18.3 Å². The van der Waals surface area contributed by atoms with Crippen LogP contribution in [0.2, 0.25) is 0 Å². The van der Waals surface area contributed by atoms with Gasteiger partial charge in [0.2, 0.25) is 5.91 Å². The molecule has 0 radical (unpaired) electrons. The number of phenols is 1. The predicted octanol–water partition coefficient (Wildman–Crippen LogP) is 3.28. The number of benzene rings is 2. The normalized spacial score (nSPS) is 10.6. The van der Waals surface area contributed by atoms with E-state index in [4.69, 9.17) is 0 Å². The predicted molar refractivity (Wildman–Crippen MR) is 97.8 cm³/mol. The number of phenolic OH excluding ortho intramolecular Hbond substituents is 1. The van der Waals surface area contributed by atoms with Gasteiger partial charge in [-0.1, -0.05) is 13.3 Å². The fraction of sp³-hybridized carbons (Fsp3) is 0.211. The number of hydrazone groups is 1. The van der Waals surface area contributed by atoms with Crippen LogP contribution in [0, 0.1) is 0 Å². The summed E-state index contributed by atoms with van der Waals surface area (Å²) >= 11 is 0. The zero-order chi connectivity index (χ0) is 18.1. The average Bonchev–Trinajstić information content (AvgIpc) is 2.62. The Morgan fingerprint density at radius 3 is 2.40 bits per heavy atom. The monoisotopic (exact) mass is 339 g/mol. The van der Waals surface area contributed by atoms with Crippen LogP contribution in [0.3, 0.4) is 0 Å². The molecule has 0 bridgehead atoms. The van der Waals surface area contributed by atoms with Gasteiger partial charge in [-0.25, -0.2) is 5.43 Å². The number of carbonyl (C=O) groups excluding carboxylic acids is 2. The first-order chi connectivity index (χ1) is 12.1. The maximum Gasteiger partial charge on any atom is 0.271 e. The number of nitrogens with one attached hydrogen (secondary N) is 2. The first-order valence-electron chi connectivity index (χ1n) is 8.11. The number of amides is 2. The molecule has 6 heteroatoms. The highest BCUT2D eigenvalue weighted by Gasteiger charge is 2.05. The zero-order valence-electron chi connectivity index (χ0n) is 14.0. The highest BCUT2D eigenvalue weighted by atomic mass is 16.3. The van der Waals surface area contributed by atoms with Crippen LogP contribution in [0.1, 0.15) is 42.1 Å². The molecular formula is C19H21N3O3. The second kappa shape index (κ2) is 9.22. The quantitative estimate of drug-likeness (QED) is 0.534. The average molecular weight is 339 g/mol. The van der Waals surface area contributed by atoms with Gasteiger partial charge in [0, 0.05) is 17.7 Å². The summed E-state index contributed by atoms with van der Waals surface area (Å²) in [6.07, 6.45) is 3.80. The lowest BCUT2D eigenvalue weighted by molar-refractivity contribution is -0.116. The third kappa shape index (κ3) is 6.10. The van der Waals surface area contributed by atoms with Gasteiger partial charge in [-0.15, -0.1) is 0 Å². The summed E-state index contributed by atoms with van der Waals surface area (Å²) in [5.41, 5.74) is 4.28. The van der Waals surface area contributed by atoms with Crippen LogP contribution in [0.5, 0.6) is 5.75 Å². The Kier molecular flexibility index (Phi) is 6.71. The van der Waals surface area contributed by atoms with E-state index in [0.29, 0.717) is 17.7 Å². The van der Waals surface area contributed by atoms with Gasteiger partial charge in [0.25, 0.3) is 5.91 Å². The smallest absolute Gasteiger partial charge is 0.271 e. The van der Waals surface area contributed by atoms with Crippen molar-refractivity contribution in [1.82, 2.24) is 5.43 Å². The van der Waals surface area contributed by atoms with Crippen molar-refractivity contribution in [1.29, 1.82) is 0 Å². The minimum atomic E-state index is -0.348. The maximum atomic E-state index is 12.0. The minimum absolute atomic E-state index is 0.0300. The van der Waals surface area contributed by atoms with Crippen molar-refractivity contribution < 1.29 is 14.7 Å². The number of aromatic hydroxyl groups is 1. The molecule has 6 nitrogen and oxygen atoms in total. The van der Waals surface area contributed by atoms with Crippen molar-refractivity contribution in [2.75, 3.05) is 5.32 Å². The standard InChI is InChI=1S/C19H21N3O3/c1-2-3-4-18(24)21-16-9-7-15(8-10-16)19(25)22-20-13-14-5-11-17(23)12-6-14/h5-13,23H,2-4H2,1H3,(H,21,24)(H,22,25). The molecule has 0 unspecified atom stereocenters. The third-order valence-corrected chi connectivity index (χ3v) is 3.46. The fourth-order valence-electron chi connectivity index (χ4n) is 2.06. The molecule has 130 valence electrons. The van der Waals surface area contributed by atoms with Gasteiger partial charge in [-0.3, -0.25) is 9.59 Å². The molecular weight excluding hydrogens is 318 g/mol. The van der Waals surface area contributed by atoms with Crippen molar-refractivity contribution in [2.45, 2.75) is 26.2 Å². The molecule has 0 aliphatic rings. The first kappa shape index (κ1) is 18.2. The highest BCUT2D eigenvalue weighted by molar-refractivity contribution is 5.96. The van der Waals surface area contributed by atoms with E-state index in [0.717, 1.165) is 18.4 Å². The number of anilines is 1. The number of hydrogen-bond acceptors (Lipinski definition) is 4. The summed E-state index contributed by atoms with van der Waals surface area (Å²) < 4.78 is 0. The molecule has 0 saturated heterocycles. The van der Waals surface area contributed by atoms with Gasteiger partial charge in [0.1, 0.15) is 5.75 Å². The van der Waals surface area contributed by atoms with Crippen molar-refractivity contribution in [3.05, 3.63) is 59.7 Å². The third-order valence-electron chi connectivity index (χ3n) is 3.46. The number of unbranched alkanes of at least 4 members (excludes halogenated alkanes) is 1. The summed E-state index contributed by atoms with van der Waals surface area (Å²) in [6.45, 7) is 2.03. The van der Waals surface area contributed by atoms with Crippen LogP contribution in [0.4, 0.5) is 5.69 Å². The van der Waals surface area contributed by atoms with Crippen LogP contribution >= 0.6 is 0 Å². The number of rotatable bonds is 7. The number of nitrogens with zero attached hydrogens (tertiary/aromatic N) is 1. The Hall–Kier alpha value is -3.15. The van der Waals surface area contributed by atoms with Crippen LogP contribution in [-0.4, -0.2) is 23.1 Å². The Morgan fingerprint density at radius 1 is 1.08 bits per heavy atom. The molecule has 0 atom stereocenters. The molecule has 0 fully saturated rings. The lowest BCUT2D eigenvalue weighted by Crippen LogP contribution is -2.17. The second-order valence-electron chi connectivity index (χ2n) is 5.52. The lowest BCUT2D eigenvalue weighted by atomic mass is 10.2. The Balaban J connectivity index is 1.87. The summed E-state index contributed by atoms with van der Waals surface area (Å²) in [5, 5.41) is 15.9. The topological polar surface area (TPSA) is 90.8 Å². The molecule has 2 aromatic carbocycles. The minimum Gasteiger partial charge on any atom is -0.508 e. The molecule has 0 saturated carbocycles. The molecule has 25 heavy (non-hydrogen) atoms. The van der Waals surface area contributed by atoms with E-state index in [2.05, 4.69) is 15.8 Å². The Labute approximate surface area is 146 Å². The Bertz CT molecular complexity index is 738. The summed E-state index contributed by atoms with van der Waals surface area (Å²) in [4.78, 5) is 23.7. The van der Waals surface area contributed by atoms with E-state index in [1.54, 1.807) is 36.4 Å². The van der Waals surface area contributed by atoms with Crippen LogP contribution < -0.4 is 10.7 Å². The van der Waals surface area contributed by atoms with Crippen LogP contribution in [0.25, 0.3) is 0 Å². The van der Waals surface area contributed by atoms with Crippen molar-refractivity contribution >= 4 is 23.7 Å². The number of hydrogen-bond donors (Lipinski definition) is 3. The molecule has 2 amide bonds. The first-order valence-corrected chi connectivity index (χ1v) is 8.11. The van der Waals surface area contributed by atoms with E-state index >= 15 is 0 Å². The molecule has 2 rings (SSSR count). The maximum absolute atomic E-state index is 12.0. The highest BCUT2D eigenvalue weighted by Crippen LogP contribution is 2.11. The van der Waals surface area contributed by atoms with Crippen LogP contribution in [0.15, 0.2) is 53.6 Å². The Morgan fingerprint density at radius 2 is 1.76 bits per heavy atom. The van der Waals surface area contributed by atoms with Crippen molar-refractivity contribution in [3.8, 4) is 5.75 Å². The van der Waals surface area contributed by atoms with E-state index in [-0.39, 0.29) is 17.6 Å². The number of carbonyl (C=O) groups is 2. The summed E-state index contributed by atoms with van der Waals surface area (Å²) in [7, 11) is 0. The van der Waals surface area contributed by atoms with E-state index in [1.807, 2.05) is 6.92 Å². The molecule has 0 aliphatic carbocycles. The fourth-order valence-corrected chi connectivity index (χ4v) is 2.06. The zero-order valence-corrected chi connectivity index (χ0v) is 14.0. The largest absolute Gasteiger partial charge is 0.508 e. The van der Waals surface area contributed by atoms with Gasteiger partial charge >= 0.3 is 0 Å². The van der Waals surface area contributed by atoms with Crippen molar-refractivity contribution in [2.24, 2.45) is 5.10 Å².